The summed E-state index contributed by atoms with van der Waals surface area (Å²) in [6.07, 6.45) is 7.76. The van der Waals surface area contributed by atoms with Gasteiger partial charge in [0.15, 0.2) is 0 Å². The first-order valence-corrected chi connectivity index (χ1v) is 8.11. The Morgan fingerprint density at radius 3 is 2.20 bits per heavy atom. The van der Waals surface area contributed by atoms with E-state index < -0.39 is 0 Å². The number of nitrogens with zero attached hydrogens (tertiary/aromatic N) is 1. The molecule has 3 heterocycles. The quantitative estimate of drug-likeness (QED) is 0.731. The zero-order valence-corrected chi connectivity index (χ0v) is 10.7. The van der Waals surface area contributed by atoms with Crippen molar-refractivity contribution in [3.05, 3.63) is 12.8 Å². The first-order valence-electron chi connectivity index (χ1n) is 6.01. The number of fused-ring (bicyclic) bond motifs is 2. The van der Waals surface area contributed by atoms with Crippen LogP contribution < -0.4 is 0 Å². The van der Waals surface area contributed by atoms with Gasteiger partial charge in [0.1, 0.15) is 0 Å². The minimum absolute atomic E-state index is 0.827. The highest BCUT2D eigenvalue weighted by Gasteiger charge is 2.42. The van der Waals surface area contributed by atoms with Gasteiger partial charge in [0, 0.05) is 23.6 Å². The van der Waals surface area contributed by atoms with E-state index in [1.807, 2.05) is 0 Å². The monoisotopic (exact) mass is 241 g/mol. The average Bonchev–Trinajstić information content (AvgIpc) is 2.85. The standard InChI is InChI=1S/C12H19NS2/c1-2-13-10-3-4-11(13)8-9(7-10)12-14-5-6-15-12/h2,9-12H,1,3-8H2. The van der Waals surface area contributed by atoms with Crippen molar-refractivity contribution in [3.63, 3.8) is 0 Å². The fraction of sp³-hybridized carbons (Fsp3) is 0.833. The minimum atomic E-state index is 0.827. The molecule has 3 heteroatoms. The number of thioether (sulfide) groups is 2. The highest BCUT2D eigenvalue weighted by molar-refractivity contribution is 8.20. The summed E-state index contributed by atoms with van der Waals surface area (Å²) >= 11 is 4.42. The van der Waals surface area contributed by atoms with Crippen LogP contribution in [0, 0.1) is 5.92 Å². The van der Waals surface area contributed by atoms with Gasteiger partial charge < -0.3 is 4.90 Å². The second-order valence-corrected chi connectivity index (χ2v) is 7.65. The Bertz CT molecular complexity index is 236. The highest BCUT2D eigenvalue weighted by atomic mass is 32.2. The van der Waals surface area contributed by atoms with Crippen LogP contribution in [0.25, 0.3) is 0 Å². The van der Waals surface area contributed by atoms with Crippen LogP contribution in [0.5, 0.6) is 0 Å². The van der Waals surface area contributed by atoms with E-state index in [-0.39, 0.29) is 0 Å². The molecule has 0 amide bonds. The first kappa shape index (κ1) is 10.4. The lowest BCUT2D eigenvalue weighted by Crippen LogP contribution is -2.40. The Labute approximate surface area is 101 Å². The Morgan fingerprint density at radius 2 is 1.67 bits per heavy atom. The molecule has 0 saturated carbocycles. The molecule has 0 radical (unpaired) electrons. The van der Waals surface area contributed by atoms with Gasteiger partial charge in [-0.15, -0.1) is 23.5 Å². The molecule has 3 aliphatic rings. The number of hydrogen-bond donors (Lipinski definition) is 0. The summed E-state index contributed by atoms with van der Waals surface area (Å²) in [5.41, 5.74) is 0. The van der Waals surface area contributed by atoms with Crippen molar-refractivity contribution in [1.29, 1.82) is 0 Å². The van der Waals surface area contributed by atoms with Gasteiger partial charge in [-0.2, -0.15) is 0 Å². The van der Waals surface area contributed by atoms with Crippen molar-refractivity contribution in [2.45, 2.75) is 42.3 Å². The maximum Gasteiger partial charge on any atom is 0.0532 e. The van der Waals surface area contributed by atoms with E-state index in [1.165, 1.54) is 37.2 Å². The second-order valence-electron chi connectivity index (χ2n) is 4.86. The molecule has 3 aliphatic heterocycles. The summed E-state index contributed by atoms with van der Waals surface area (Å²) < 4.78 is 0.917. The smallest absolute Gasteiger partial charge is 0.0532 e. The molecular weight excluding hydrogens is 222 g/mol. The third kappa shape index (κ3) is 1.82. The lowest BCUT2D eigenvalue weighted by molar-refractivity contribution is 0.165. The molecule has 84 valence electrons. The van der Waals surface area contributed by atoms with Crippen LogP contribution in [0.3, 0.4) is 0 Å². The van der Waals surface area contributed by atoms with Crippen LogP contribution in [0.15, 0.2) is 12.8 Å². The van der Waals surface area contributed by atoms with Crippen LogP contribution in [-0.4, -0.2) is 33.1 Å². The third-order valence-corrected chi connectivity index (χ3v) is 7.45. The number of hydrogen-bond acceptors (Lipinski definition) is 3. The molecule has 2 bridgehead atoms. The van der Waals surface area contributed by atoms with Gasteiger partial charge in [0.05, 0.1) is 4.58 Å². The van der Waals surface area contributed by atoms with E-state index in [4.69, 9.17) is 0 Å². The van der Waals surface area contributed by atoms with Crippen LogP contribution >= 0.6 is 23.5 Å². The molecular formula is C12H19NS2. The highest BCUT2D eigenvalue weighted by Crippen LogP contribution is 2.47. The van der Waals surface area contributed by atoms with Crippen LogP contribution in [0.2, 0.25) is 0 Å². The zero-order valence-electron chi connectivity index (χ0n) is 9.10. The molecule has 0 N–H and O–H groups in total. The lowest BCUT2D eigenvalue weighted by Gasteiger charge is -2.39. The first-order chi connectivity index (χ1) is 7.38. The molecule has 0 aromatic heterocycles. The summed E-state index contributed by atoms with van der Waals surface area (Å²) in [7, 11) is 0. The lowest BCUT2D eigenvalue weighted by atomic mass is 9.92. The summed E-state index contributed by atoms with van der Waals surface area (Å²) in [6.45, 7) is 3.96. The molecule has 0 spiro atoms. The van der Waals surface area contributed by atoms with Gasteiger partial charge in [-0.1, -0.05) is 6.58 Å². The SMILES string of the molecule is C=CN1C2CCC1CC(C1SCCS1)C2. The Balaban J connectivity index is 1.68. The van der Waals surface area contributed by atoms with Gasteiger partial charge in [-0.05, 0) is 37.8 Å². The van der Waals surface area contributed by atoms with E-state index in [2.05, 4.69) is 41.2 Å². The number of piperidine rings is 1. The fourth-order valence-electron chi connectivity index (χ4n) is 3.42. The predicted octanol–water partition coefficient (Wildman–Crippen LogP) is 3.18. The summed E-state index contributed by atoms with van der Waals surface area (Å²) in [5, 5.41) is 0. The topological polar surface area (TPSA) is 3.24 Å². The minimum Gasteiger partial charge on any atom is -0.372 e. The van der Waals surface area contributed by atoms with E-state index in [1.54, 1.807) is 0 Å². The van der Waals surface area contributed by atoms with Crippen LogP contribution in [-0.2, 0) is 0 Å². The van der Waals surface area contributed by atoms with E-state index in [0.717, 1.165) is 22.6 Å². The maximum absolute atomic E-state index is 3.96. The number of rotatable bonds is 2. The average molecular weight is 241 g/mol. The van der Waals surface area contributed by atoms with Gasteiger partial charge in [-0.3, -0.25) is 0 Å². The molecule has 0 aromatic carbocycles. The molecule has 3 rings (SSSR count). The Morgan fingerprint density at radius 1 is 1.07 bits per heavy atom. The van der Waals surface area contributed by atoms with Crippen LogP contribution in [0.1, 0.15) is 25.7 Å². The summed E-state index contributed by atoms with van der Waals surface area (Å²) in [6, 6.07) is 1.65. The molecule has 15 heavy (non-hydrogen) atoms. The van der Waals surface area contributed by atoms with Crippen LogP contribution in [0.4, 0.5) is 0 Å². The largest absolute Gasteiger partial charge is 0.372 e. The van der Waals surface area contributed by atoms with Gasteiger partial charge in [-0.25, -0.2) is 0 Å². The van der Waals surface area contributed by atoms with Crippen molar-refractivity contribution in [1.82, 2.24) is 4.90 Å². The Kier molecular flexibility index (Phi) is 2.94. The van der Waals surface area contributed by atoms with Gasteiger partial charge >= 0.3 is 0 Å². The van der Waals surface area contributed by atoms with Crippen molar-refractivity contribution >= 4 is 23.5 Å². The molecule has 0 aliphatic carbocycles. The van der Waals surface area contributed by atoms with E-state index in [9.17, 15) is 0 Å². The zero-order chi connectivity index (χ0) is 10.3. The molecule has 2 unspecified atom stereocenters. The summed E-state index contributed by atoms with van der Waals surface area (Å²) in [4.78, 5) is 2.54. The van der Waals surface area contributed by atoms with Crippen molar-refractivity contribution in [2.75, 3.05) is 11.5 Å². The second kappa shape index (κ2) is 4.25. The Hall–Kier alpha value is 0.240. The van der Waals surface area contributed by atoms with Crippen molar-refractivity contribution < 1.29 is 0 Å². The van der Waals surface area contributed by atoms with Gasteiger partial charge in [0.2, 0.25) is 0 Å². The van der Waals surface area contributed by atoms with E-state index >= 15 is 0 Å². The third-order valence-electron chi connectivity index (χ3n) is 4.07. The van der Waals surface area contributed by atoms with Crippen molar-refractivity contribution in [2.24, 2.45) is 5.92 Å². The molecule has 1 nitrogen and oxygen atoms in total. The summed E-state index contributed by atoms with van der Waals surface area (Å²) in [5.74, 6) is 3.75. The fourth-order valence-corrected chi connectivity index (χ4v) is 6.61. The molecule has 3 saturated heterocycles. The predicted molar refractivity (Wildman–Crippen MR) is 70.3 cm³/mol. The molecule has 3 fully saturated rings. The molecule has 0 aromatic rings. The normalized spacial score (nSPS) is 41.1. The van der Waals surface area contributed by atoms with Gasteiger partial charge in [0.25, 0.3) is 0 Å². The maximum atomic E-state index is 3.96. The van der Waals surface area contributed by atoms with E-state index in [0.29, 0.717) is 0 Å². The molecule has 2 atom stereocenters. The van der Waals surface area contributed by atoms with Crippen molar-refractivity contribution in [3.8, 4) is 0 Å².